The van der Waals surface area contributed by atoms with E-state index in [4.69, 9.17) is 5.73 Å². The molecule has 0 heterocycles. The molecule has 26 heavy (non-hydrogen) atoms. The highest BCUT2D eigenvalue weighted by molar-refractivity contribution is 6.26. The minimum absolute atomic E-state index is 0.143. The number of benzene rings is 1. The molecule has 1 aromatic rings. The van der Waals surface area contributed by atoms with Crippen LogP contribution in [-0.2, 0) is 4.79 Å². The van der Waals surface area contributed by atoms with Gasteiger partial charge in [0.05, 0.1) is 22.7 Å². The molecular formula is C21H30N4O. The summed E-state index contributed by atoms with van der Waals surface area (Å²) in [6.07, 6.45) is 8.78. The van der Waals surface area contributed by atoms with Gasteiger partial charge in [0.1, 0.15) is 0 Å². The first-order valence-electron chi connectivity index (χ1n) is 9.33. The van der Waals surface area contributed by atoms with Crippen molar-refractivity contribution in [3.8, 4) is 0 Å². The lowest BCUT2D eigenvalue weighted by molar-refractivity contribution is -0.112. The van der Waals surface area contributed by atoms with E-state index in [1.54, 1.807) is 12.3 Å². The fourth-order valence-corrected chi connectivity index (χ4v) is 2.59. The fraction of sp³-hybridized carbons (Fsp3) is 0.429. The van der Waals surface area contributed by atoms with E-state index < -0.39 is 0 Å². The first-order chi connectivity index (χ1) is 12.5. The van der Waals surface area contributed by atoms with Gasteiger partial charge in [0, 0.05) is 17.9 Å². The van der Waals surface area contributed by atoms with Crippen LogP contribution in [0.25, 0.3) is 0 Å². The van der Waals surface area contributed by atoms with Gasteiger partial charge in [-0.25, -0.2) is 0 Å². The van der Waals surface area contributed by atoms with Gasteiger partial charge in [-0.3, -0.25) is 9.79 Å². The number of anilines is 3. The molecule has 0 saturated heterocycles. The normalized spacial score (nSPS) is 15.6. The van der Waals surface area contributed by atoms with E-state index in [-0.39, 0.29) is 11.8 Å². The molecule has 4 N–H and O–H groups in total. The number of carbonyl (C=O) groups excluding carboxylic acids is 1. The molecule has 1 aliphatic carbocycles. The average molecular weight is 354 g/mol. The molecule has 5 heteroatoms. The van der Waals surface area contributed by atoms with Gasteiger partial charge in [0.15, 0.2) is 0 Å². The van der Waals surface area contributed by atoms with Crippen LogP contribution in [0.2, 0.25) is 0 Å². The molecule has 1 fully saturated rings. The summed E-state index contributed by atoms with van der Waals surface area (Å²) >= 11 is 0. The van der Waals surface area contributed by atoms with Crippen LogP contribution in [-0.4, -0.2) is 17.7 Å². The summed E-state index contributed by atoms with van der Waals surface area (Å²) in [5, 5.41) is 6.44. The first kappa shape index (κ1) is 19.8. The third kappa shape index (κ3) is 5.48. The number of nitrogen functional groups attached to an aromatic ring is 1. The molecule has 1 amide bonds. The Balaban J connectivity index is 2.23. The Kier molecular flexibility index (Phi) is 7.01. The highest BCUT2D eigenvalue weighted by Crippen LogP contribution is 2.31. The maximum atomic E-state index is 12.9. The van der Waals surface area contributed by atoms with Gasteiger partial charge in [0.25, 0.3) is 5.91 Å². The number of rotatable bonds is 8. The Hall–Kier alpha value is -2.56. The van der Waals surface area contributed by atoms with Crippen molar-refractivity contribution in [2.75, 3.05) is 16.4 Å². The van der Waals surface area contributed by atoms with Crippen LogP contribution in [0.3, 0.4) is 0 Å². The third-order valence-corrected chi connectivity index (χ3v) is 4.14. The quantitative estimate of drug-likeness (QED) is 0.358. The van der Waals surface area contributed by atoms with Gasteiger partial charge in [-0.2, -0.15) is 0 Å². The summed E-state index contributed by atoms with van der Waals surface area (Å²) in [5.41, 5.74) is 9.55. The van der Waals surface area contributed by atoms with Gasteiger partial charge in [-0.15, -0.1) is 0 Å². The summed E-state index contributed by atoms with van der Waals surface area (Å²) in [4.78, 5) is 17.4. The number of hydrogen-bond acceptors (Lipinski definition) is 4. The second-order valence-electron chi connectivity index (χ2n) is 6.84. The minimum Gasteiger partial charge on any atom is -0.399 e. The predicted octanol–water partition coefficient (Wildman–Crippen LogP) is 4.75. The summed E-state index contributed by atoms with van der Waals surface area (Å²) in [6, 6.07) is 5.98. The van der Waals surface area contributed by atoms with Crippen molar-refractivity contribution in [1.29, 1.82) is 0 Å². The lowest BCUT2D eigenvalue weighted by Crippen LogP contribution is -2.24. The molecule has 5 nitrogen and oxygen atoms in total. The molecule has 0 spiro atoms. The number of nitrogens with two attached hydrogens (primary N) is 1. The Labute approximate surface area is 156 Å². The zero-order valence-corrected chi connectivity index (χ0v) is 16.2. The van der Waals surface area contributed by atoms with Crippen LogP contribution < -0.4 is 16.4 Å². The number of amides is 1. The molecule has 0 radical (unpaired) electrons. The Morgan fingerprint density at radius 1 is 1.35 bits per heavy atom. The molecule has 0 aliphatic heterocycles. The van der Waals surface area contributed by atoms with E-state index in [0.717, 1.165) is 36.3 Å². The smallest absolute Gasteiger partial charge is 0.257 e. The molecule has 2 rings (SSSR count). The van der Waals surface area contributed by atoms with Gasteiger partial charge < -0.3 is 16.4 Å². The van der Waals surface area contributed by atoms with Crippen molar-refractivity contribution >= 4 is 28.7 Å². The van der Waals surface area contributed by atoms with Crippen molar-refractivity contribution in [2.24, 2.45) is 10.9 Å². The van der Waals surface area contributed by atoms with E-state index >= 15 is 0 Å². The molecule has 140 valence electrons. The zero-order valence-electron chi connectivity index (χ0n) is 16.2. The molecule has 1 aliphatic rings. The predicted molar refractivity (Wildman–Crippen MR) is 112 cm³/mol. The number of nitrogens with one attached hydrogen (secondary N) is 2. The number of carbonyl (C=O) groups is 1. The Morgan fingerprint density at radius 3 is 2.65 bits per heavy atom. The Morgan fingerprint density at radius 2 is 2.08 bits per heavy atom. The number of nitrogens with zero attached hydrogens (tertiary/aromatic N) is 1. The third-order valence-electron chi connectivity index (χ3n) is 4.14. The van der Waals surface area contributed by atoms with E-state index in [1.165, 1.54) is 0 Å². The van der Waals surface area contributed by atoms with Gasteiger partial charge in [-0.1, -0.05) is 32.9 Å². The van der Waals surface area contributed by atoms with Crippen molar-refractivity contribution in [2.45, 2.75) is 53.0 Å². The van der Waals surface area contributed by atoms with Gasteiger partial charge >= 0.3 is 0 Å². The van der Waals surface area contributed by atoms with E-state index in [9.17, 15) is 4.79 Å². The number of hydrogen-bond donors (Lipinski definition) is 3. The van der Waals surface area contributed by atoms with Crippen molar-refractivity contribution in [3.63, 3.8) is 0 Å². The largest absolute Gasteiger partial charge is 0.399 e. The molecule has 0 atom stereocenters. The number of aliphatic imine (C=N–C) groups is 1. The highest BCUT2D eigenvalue weighted by atomic mass is 16.1. The fourth-order valence-electron chi connectivity index (χ4n) is 2.59. The second-order valence-corrected chi connectivity index (χ2v) is 6.84. The molecule has 0 aromatic heterocycles. The average Bonchev–Trinajstić information content (AvgIpc) is 3.40. The summed E-state index contributed by atoms with van der Waals surface area (Å²) in [7, 11) is 0. The van der Waals surface area contributed by atoms with Crippen LogP contribution in [0, 0.1) is 5.92 Å². The highest BCUT2D eigenvalue weighted by Gasteiger charge is 2.23. The molecular weight excluding hydrogens is 324 g/mol. The minimum atomic E-state index is -0.159. The Bertz CT molecular complexity index is 728. The van der Waals surface area contributed by atoms with Gasteiger partial charge in [-0.05, 0) is 50.3 Å². The SMILES string of the molecule is C/C=C(/C(=O)Nc1ccc(N)cc1NC1CC1)C(=NC=CCC)C(C)C. The van der Waals surface area contributed by atoms with E-state index in [1.807, 2.05) is 45.1 Å². The van der Waals surface area contributed by atoms with Crippen LogP contribution in [0.5, 0.6) is 0 Å². The van der Waals surface area contributed by atoms with Crippen molar-refractivity contribution < 1.29 is 4.79 Å². The lowest BCUT2D eigenvalue weighted by atomic mass is 9.98. The van der Waals surface area contributed by atoms with Crippen molar-refractivity contribution in [3.05, 3.63) is 42.1 Å². The van der Waals surface area contributed by atoms with Gasteiger partial charge in [0.2, 0.25) is 0 Å². The standard InChI is InChI=1S/C21H30N4O/c1-5-7-12-23-20(14(3)4)17(6-2)21(26)25-18-11-8-15(22)13-19(18)24-16-9-10-16/h6-8,11-14,16,24H,5,9-10,22H2,1-4H3,(H,25,26)/b12-7?,17-6+,23-20?. The van der Waals surface area contributed by atoms with Crippen molar-refractivity contribution in [1.82, 2.24) is 0 Å². The van der Waals surface area contributed by atoms with Crippen LogP contribution >= 0.6 is 0 Å². The van der Waals surface area contributed by atoms with Crippen LogP contribution in [0.15, 0.2) is 47.1 Å². The monoisotopic (exact) mass is 354 g/mol. The van der Waals surface area contributed by atoms with Crippen LogP contribution in [0.4, 0.5) is 17.1 Å². The summed E-state index contributed by atoms with van der Waals surface area (Å²) in [5.74, 6) is -0.0163. The molecule has 0 bridgehead atoms. The lowest BCUT2D eigenvalue weighted by Gasteiger charge is -2.17. The second kappa shape index (κ2) is 9.22. The summed E-state index contributed by atoms with van der Waals surface area (Å²) < 4.78 is 0. The zero-order chi connectivity index (χ0) is 19.1. The maximum Gasteiger partial charge on any atom is 0.257 e. The molecule has 0 unspecified atom stereocenters. The number of allylic oxidation sites excluding steroid dienone is 2. The summed E-state index contributed by atoms with van der Waals surface area (Å²) in [6.45, 7) is 8.00. The topological polar surface area (TPSA) is 79.5 Å². The molecule has 1 aromatic carbocycles. The van der Waals surface area contributed by atoms with E-state index in [0.29, 0.717) is 17.3 Å². The molecule has 1 saturated carbocycles. The van der Waals surface area contributed by atoms with Crippen LogP contribution in [0.1, 0.15) is 47.0 Å². The maximum absolute atomic E-state index is 12.9. The first-order valence-corrected chi connectivity index (χ1v) is 9.33. The van der Waals surface area contributed by atoms with E-state index in [2.05, 4.69) is 22.5 Å².